The van der Waals surface area contributed by atoms with E-state index in [9.17, 15) is 10.0 Å². The first-order chi connectivity index (χ1) is 9.02. The van der Waals surface area contributed by atoms with Crippen molar-refractivity contribution in [2.75, 3.05) is 0 Å². The summed E-state index contributed by atoms with van der Waals surface area (Å²) in [5, 5.41) is 11.0. The highest BCUT2D eigenvalue weighted by Gasteiger charge is 2.50. The normalized spacial score (nSPS) is 25.9. The SMILES string of the molecule is CC1=CC2=C(Cc3ccccc3)C(=O)N(O)C2(C)S1. The van der Waals surface area contributed by atoms with E-state index in [0.717, 1.165) is 21.1 Å². The molecule has 1 N–H and O–H groups in total. The molecule has 0 saturated heterocycles. The van der Waals surface area contributed by atoms with E-state index in [1.807, 2.05) is 50.3 Å². The standard InChI is InChI=1S/C15H15NO2S/c1-10-8-13-12(9-11-6-4-3-5-7-11)14(17)16(18)15(13,2)19-10/h3-8,18H,9H2,1-2H3. The van der Waals surface area contributed by atoms with Crippen molar-refractivity contribution in [1.29, 1.82) is 0 Å². The third-order valence-electron chi connectivity index (χ3n) is 3.61. The van der Waals surface area contributed by atoms with Crippen molar-refractivity contribution in [2.45, 2.75) is 25.1 Å². The van der Waals surface area contributed by atoms with Gasteiger partial charge in [0.05, 0.1) is 0 Å². The molecule has 1 unspecified atom stereocenters. The van der Waals surface area contributed by atoms with Crippen LogP contribution in [0.15, 0.2) is 52.5 Å². The van der Waals surface area contributed by atoms with E-state index >= 15 is 0 Å². The van der Waals surface area contributed by atoms with Crippen molar-refractivity contribution >= 4 is 17.7 Å². The Kier molecular flexibility index (Phi) is 2.80. The minimum absolute atomic E-state index is 0.280. The van der Waals surface area contributed by atoms with Crippen molar-refractivity contribution in [3.8, 4) is 0 Å². The van der Waals surface area contributed by atoms with Gasteiger partial charge in [0.15, 0.2) is 0 Å². The smallest absolute Gasteiger partial charge is 0.275 e. The summed E-state index contributed by atoms with van der Waals surface area (Å²) in [6.07, 6.45) is 2.57. The number of thioether (sulfide) groups is 1. The van der Waals surface area contributed by atoms with E-state index in [4.69, 9.17) is 0 Å². The molecule has 4 heteroatoms. The van der Waals surface area contributed by atoms with Crippen LogP contribution in [0.25, 0.3) is 0 Å². The lowest BCUT2D eigenvalue weighted by Gasteiger charge is -2.27. The van der Waals surface area contributed by atoms with E-state index < -0.39 is 4.87 Å². The number of carbonyl (C=O) groups is 1. The maximum Gasteiger partial charge on any atom is 0.275 e. The molecule has 1 atom stereocenters. The lowest BCUT2D eigenvalue weighted by Crippen LogP contribution is -2.39. The van der Waals surface area contributed by atoms with Crippen LogP contribution in [-0.4, -0.2) is 21.0 Å². The fourth-order valence-corrected chi connectivity index (χ4v) is 3.93. The van der Waals surface area contributed by atoms with E-state index in [0.29, 0.717) is 12.0 Å². The summed E-state index contributed by atoms with van der Waals surface area (Å²) in [7, 11) is 0. The number of allylic oxidation sites excluding steroid dienone is 1. The van der Waals surface area contributed by atoms with Crippen LogP contribution in [0.1, 0.15) is 19.4 Å². The monoisotopic (exact) mass is 273 g/mol. The Labute approximate surface area is 116 Å². The molecule has 2 aliphatic heterocycles. The van der Waals surface area contributed by atoms with Gasteiger partial charge in [0.25, 0.3) is 5.91 Å². The second kappa shape index (κ2) is 4.25. The van der Waals surface area contributed by atoms with Crippen molar-refractivity contribution < 1.29 is 10.0 Å². The average Bonchev–Trinajstić information content (AvgIpc) is 2.78. The van der Waals surface area contributed by atoms with Crippen molar-refractivity contribution in [3.05, 3.63) is 58.0 Å². The van der Waals surface area contributed by atoms with Gasteiger partial charge >= 0.3 is 0 Å². The molecule has 0 spiro atoms. The average molecular weight is 273 g/mol. The van der Waals surface area contributed by atoms with E-state index in [1.165, 1.54) is 11.8 Å². The second-order valence-electron chi connectivity index (χ2n) is 5.01. The number of hydroxylamine groups is 2. The summed E-state index contributed by atoms with van der Waals surface area (Å²) in [4.78, 5) is 12.7. The van der Waals surface area contributed by atoms with Gasteiger partial charge in [0, 0.05) is 17.6 Å². The maximum atomic E-state index is 12.2. The molecule has 1 amide bonds. The summed E-state index contributed by atoms with van der Waals surface area (Å²) in [6, 6.07) is 9.87. The summed E-state index contributed by atoms with van der Waals surface area (Å²) >= 11 is 1.52. The number of hydrogen-bond acceptors (Lipinski definition) is 3. The first-order valence-corrected chi connectivity index (χ1v) is 7.02. The van der Waals surface area contributed by atoms with Crippen LogP contribution in [0.2, 0.25) is 0 Å². The lowest BCUT2D eigenvalue weighted by molar-refractivity contribution is -0.165. The minimum Gasteiger partial charge on any atom is -0.284 e. The van der Waals surface area contributed by atoms with Crippen LogP contribution in [-0.2, 0) is 11.2 Å². The topological polar surface area (TPSA) is 40.5 Å². The molecule has 0 aliphatic carbocycles. The van der Waals surface area contributed by atoms with Gasteiger partial charge in [0.1, 0.15) is 4.87 Å². The number of fused-ring (bicyclic) bond motifs is 1. The van der Waals surface area contributed by atoms with Crippen molar-refractivity contribution in [3.63, 3.8) is 0 Å². The van der Waals surface area contributed by atoms with Gasteiger partial charge < -0.3 is 0 Å². The maximum absolute atomic E-state index is 12.2. The first-order valence-electron chi connectivity index (χ1n) is 6.20. The largest absolute Gasteiger partial charge is 0.284 e. The molecule has 2 heterocycles. The van der Waals surface area contributed by atoms with Gasteiger partial charge in [-0.05, 0) is 30.4 Å². The summed E-state index contributed by atoms with van der Waals surface area (Å²) in [5.41, 5.74) is 2.71. The van der Waals surface area contributed by atoms with Crippen LogP contribution in [0.4, 0.5) is 0 Å². The molecule has 3 nitrogen and oxygen atoms in total. The van der Waals surface area contributed by atoms with Gasteiger partial charge in [-0.2, -0.15) is 5.06 Å². The molecule has 2 aliphatic rings. The third-order valence-corrected chi connectivity index (χ3v) is 4.84. The Morgan fingerprint density at radius 3 is 2.68 bits per heavy atom. The zero-order valence-electron chi connectivity index (χ0n) is 10.9. The fraction of sp³-hybridized carbons (Fsp3) is 0.267. The molecule has 0 radical (unpaired) electrons. The Hall–Kier alpha value is -1.52. The molecule has 1 aromatic carbocycles. The predicted octanol–water partition coefficient (Wildman–Crippen LogP) is 3.12. The van der Waals surface area contributed by atoms with Gasteiger partial charge in [-0.15, -0.1) is 0 Å². The highest BCUT2D eigenvalue weighted by molar-refractivity contribution is 8.04. The zero-order chi connectivity index (χ0) is 13.6. The molecule has 98 valence electrons. The number of carbonyl (C=O) groups excluding carboxylic acids is 1. The molecule has 0 fully saturated rings. The Balaban J connectivity index is 2.04. The number of nitrogens with zero attached hydrogens (tertiary/aromatic N) is 1. The van der Waals surface area contributed by atoms with Crippen LogP contribution in [0.3, 0.4) is 0 Å². The van der Waals surface area contributed by atoms with E-state index in [-0.39, 0.29) is 5.91 Å². The highest BCUT2D eigenvalue weighted by atomic mass is 32.2. The Morgan fingerprint density at radius 2 is 2.00 bits per heavy atom. The van der Waals surface area contributed by atoms with E-state index in [2.05, 4.69) is 0 Å². The Morgan fingerprint density at radius 1 is 1.32 bits per heavy atom. The molecule has 0 bridgehead atoms. The summed E-state index contributed by atoms with van der Waals surface area (Å²) < 4.78 is 0. The summed E-state index contributed by atoms with van der Waals surface area (Å²) in [6.45, 7) is 3.88. The molecular formula is C15H15NO2S. The zero-order valence-corrected chi connectivity index (χ0v) is 11.7. The fourth-order valence-electron chi connectivity index (χ4n) is 2.67. The number of benzene rings is 1. The molecule has 0 aromatic heterocycles. The lowest BCUT2D eigenvalue weighted by atomic mass is 9.99. The number of rotatable bonds is 2. The van der Waals surface area contributed by atoms with Gasteiger partial charge in [0.2, 0.25) is 0 Å². The van der Waals surface area contributed by atoms with Crippen molar-refractivity contribution in [2.24, 2.45) is 0 Å². The quantitative estimate of drug-likeness (QED) is 0.842. The molecular weight excluding hydrogens is 258 g/mol. The molecule has 19 heavy (non-hydrogen) atoms. The number of hydrogen-bond donors (Lipinski definition) is 1. The first kappa shape index (κ1) is 12.5. The minimum atomic E-state index is -0.648. The molecule has 3 rings (SSSR count). The number of amides is 1. The second-order valence-corrected chi connectivity index (χ2v) is 6.65. The van der Waals surface area contributed by atoms with Crippen molar-refractivity contribution in [1.82, 2.24) is 5.06 Å². The van der Waals surface area contributed by atoms with Crippen LogP contribution < -0.4 is 0 Å². The van der Waals surface area contributed by atoms with Gasteiger partial charge in [-0.1, -0.05) is 42.1 Å². The van der Waals surface area contributed by atoms with Gasteiger partial charge in [-0.25, -0.2) is 0 Å². The van der Waals surface area contributed by atoms with Gasteiger partial charge in [-0.3, -0.25) is 10.0 Å². The predicted molar refractivity (Wildman–Crippen MR) is 75.6 cm³/mol. The van der Waals surface area contributed by atoms with E-state index in [1.54, 1.807) is 0 Å². The summed E-state index contributed by atoms with van der Waals surface area (Å²) in [5.74, 6) is -0.280. The Bertz CT molecular complexity index is 606. The van der Waals surface area contributed by atoms with Crippen LogP contribution in [0, 0.1) is 0 Å². The highest BCUT2D eigenvalue weighted by Crippen LogP contribution is 2.52. The molecule has 1 aromatic rings. The molecule has 0 saturated carbocycles. The van der Waals surface area contributed by atoms with Crippen LogP contribution in [0.5, 0.6) is 0 Å². The van der Waals surface area contributed by atoms with Crippen LogP contribution >= 0.6 is 11.8 Å². The third kappa shape index (κ3) is 1.83.